The zero-order valence-corrected chi connectivity index (χ0v) is 20.8. The molecule has 9 nitrogen and oxygen atoms in total. The van der Waals surface area contributed by atoms with E-state index in [1.165, 1.54) is 21.3 Å². The van der Waals surface area contributed by atoms with Crippen LogP contribution < -0.4 is 14.2 Å². The van der Waals surface area contributed by atoms with Crippen LogP contribution in [0.4, 0.5) is 0 Å². The monoisotopic (exact) mass is 474 g/mol. The maximum Gasteiger partial charge on any atom is 0.355 e. The summed E-state index contributed by atoms with van der Waals surface area (Å²) in [4.78, 5) is 31.0. The molecule has 1 atom stereocenters. The van der Waals surface area contributed by atoms with E-state index in [9.17, 15) is 9.59 Å². The fourth-order valence-corrected chi connectivity index (χ4v) is 4.26. The lowest BCUT2D eigenvalue weighted by molar-refractivity contribution is 0.0506. The molecule has 0 spiro atoms. The van der Waals surface area contributed by atoms with E-state index >= 15 is 0 Å². The first kappa shape index (κ1) is 25.4. The smallest absolute Gasteiger partial charge is 0.355 e. The zero-order valence-electron chi connectivity index (χ0n) is 20.8. The molecule has 0 saturated carbocycles. The Morgan fingerprint density at radius 1 is 1.12 bits per heavy atom. The lowest BCUT2D eigenvalue weighted by Crippen LogP contribution is -2.37. The van der Waals surface area contributed by atoms with Crippen LogP contribution in [0.3, 0.4) is 0 Å². The minimum Gasteiger partial charge on any atom is -0.493 e. The number of aromatic amines is 1. The molecular weight excluding hydrogens is 440 g/mol. The SMILES string of the molecule is CCOC(=O)c1[nH]c(C)c(CN(C[C@H]2CCCO2)C(=O)c2cc(OC)c(OC)c(OC)c2)c1C. The van der Waals surface area contributed by atoms with E-state index in [1.807, 2.05) is 13.8 Å². The van der Waals surface area contributed by atoms with E-state index in [1.54, 1.807) is 24.0 Å². The predicted molar refractivity (Wildman–Crippen MR) is 126 cm³/mol. The average molecular weight is 475 g/mol. The Hall–Kier alpha value is -3.20. The average Bonchev–Trinajstić information content (AvgIpc) is 3.45. The summed E-state index contributed by atoms with van der Waals surface area (Å²) in [7, 11) is 4.54. The summed E-state index contributed by atoms with van der Waals surface area (Å²) < 4.78 is 27.3. The maximum atomic E-state index is 13.8. The summed E-state index contributed by atoms with van der Waals surface area (Å²) in [5, 5.41) is 0. The molecular formula is C25H34N2O7. The van der Waals surface area contributed by atoms with E-state index in [0.717, 1.165) is 29.7 Å². The molecule has 34 heavy (non-hydrogen) atoms. The van der Waals surface area contributed by atoms with Crippen molar-refractivity contribution in [3.05, 3.63) is 40.2 Å². The minimum absolute atomic E-state index is 0.0462. The number of aryl methyl sites for hydroxylation is 1. The summed E-state index contributed by atoms with van der Waals surface area (Å²) >= 11 is 0. The molecule has 1 aliphatic rings. The van der Waals surface area contributed by atoms with Crippen molar-refractivity contribution in [1.29, 1.82) is 0 Å². The Labute approximate surface area is 200 Å². The van der Waals surface area contributed by atoms with Crippen molar-refractivity contribution in [2.75, 3.05) is 41.1 Å². The number of hydrogen-bond donors (Lipinski definition) is 1. The molecule has 1 aromatic carbocycles. The first-order valence-electron chi connectivity index (χ1n) is 11.4. The van der Waals surface area contributed by atoms with E-state index in [-0.39, 0.29) is 18.6 Å². The molecule has 1 saturated heterocycles. The first-order valence-corrected chi connectivity index (χ1v) is 11.4. The normalized spacial score (nSPS) is 15.2. The van der Waals surface area contributed by atoms with Crippen molar-refractivity contribution in [2.24, 2.45) is 0 Å². The van der Waals surface area contributed by atoms with Crippen molar-refractivity contribution in [2.45, 2.75) is 46.3 Å². The van der Waals surface area contributed by atoms with Gasteiger partial charge in [-0.15, -0.1) is 0 Å². The molecule has 9 heteroatoms. The van der Waals surface area contributed by atoms with Gasteiger partial charge >= 0.3 is 5.97 Å². The Bertz CT molecular complexity index is 1000. The van der Waals surface area contributed by atoms with Crippen LogP contribution in [-0.2, 0) is 16.0 Å². The molecule has 2 aromatic rings. The molecule has 1 aromatic heterocycles. The van der Waals surface area contributed by atoms with Gasteiger partial charge in [0.1, 0.15) is 5.69 Å². The topological polar surface area (TPSA) is 99.3 Å². The van der Waals surface area contributed by atoms with Gasteiger partial charge in [0.2, 0.25) is 5.75 Å². The Kier molecular flexibility index (Phi) is 8.44. The molecule has 3 rings (SSSR count). The third kappa shape index (κ3) is 5.30. The van der Waals surface area contributed by atoms with Crippen LogP contribution in [0.1, 0.15) is 57.4 Å². The second-order valence-corrected chi connectivity index (χ2v) is 8.18. The lowest BCUT2D eigenvalue weighted by Gasteiger charge is -2.26. The van der Waals surface area contributed by atoms with Gasteiger partial charge in [0.15, 0.2) is 11.5 Å². The number of nitrogens with zero attached hydrogens (tertiary/aromatic N) is 1. The molecule has 186 valence electrons. The number of carbonyl (C=O) groups is 2. The van der Waals surface area contributed by atoms with Crippen molar-refractivity contribution in [1.82, 2.24) is 9.88 Å². The summed E-state index contributed by atoms with van der Waals surface area (Å²) in [6.45, 7) is 7.22. The fraction of sp³-hybridized carbons (Fsp3) is 0.520. The third-order valence-electron chi connectivity index (χ3n) is 6.07. The molecule has 1 amide bonds. The molecule has 2 heterocycles. The second kappa shape index (κ2) is 11.3. The number of esters is 1. The molecule has 1 N–H and O–H groups in total. The van der Waals surface area contributed by atoms with Gasteiger partial charge in [-0.1, -0.05) is 0 Å². The van der Waals surface area contributed by atoms with E-state index in [4.69, 9.17) is 23.7 Å². The fourth-order valence-electron chi connectivity index (χ4n) is 4.26. The standard InChI is InChI=1S/C25H34N2O7/c1-7-33-25(29)22-15(2)19(16(3)26-22)14-27(13-18-9-8-10-34-18)24(28)17-11-20(30-4)23(32-6)21(12-17)31-5/h11-12,18,26H,7-10,13-14H2,1-6H3/t18-/m1/s1. The number of ether oxygens (including phenoxy) is 5. The second-order valence-electron chi connectivity index (χ2n) is 8.18. The molecule has 0 unspecified atom stereocenters. The van der Waals surface area contributed by atoms with E-state index in [2.05, 4.69) is 4.98 Å². The van der Waals surface area contributed by atoms with Gasteiger partial charge in [0.25, 0.3) is 5.91 Å². The summed E-state index contributed by atoms with van der Waals surface area (Å²) in [6, 6.07) is 3.29. The molecule has 0 radical (unpaired) electrons. The summed E-state index contributed by atoms with van der Waals surface area (Å²) in [6.07, 6.45) is 1.81. The van der Waals surface area contributed by atoms with Crippen LogP contribution >= 0.6 is 0 Å². The Balaban J connectivity index is 1.98. The number of amides is 1. The Morgan fingerprint density at radius 3 is 2.32 bits per heavy atom. The highest BCUT2D eigenvalue weighted by atomic mass is 16.5. The highest BCUT2D eigenvalue weighted by Crippen LogP contribution is 2.38. The van der Waals surface area contributed by atoms with Gasteiger partial charge in [-0.2, -0.15) is 0 Å². The molecule has 0 aliphatic carbocycles. The number of methoxy groups -OCH3 is 3. The number of benzene rings is 1. The molecule has 1 aliphatic heterocycles. The van der Waals surface area contributed by atoms with Crippen molar-refractivity contribution in [3.8, 4) is 17.2 Å². The van der Waals surface area contributed by atoms with Gasteiger partial charge in [-0.25, -0.2) is 4.79 Å². The van der Waals surface area contributed by atoms with Crippen LogP contribution in [0.5, 0.6) is 17.2 Å². The van der Waals surface area contributed by atoms with E-state index < -0.39 is 5.97 Å². The minimum atomic E-state index is -0.407. The number of rotatable bonds is 10. The quantitative estimate of drug-likeness (QED) is 0.525. The van der Waals surface area contributed by atoms with Crippen LogP contribution in [0.2, 0.25) is 0 Å². The first-order chi connectivity index (χ1) is 16.3. The lowest BCUT2D eigenvalue weighted by atomic mass is 10.1. The zero-order chi connectivity index (χ0) is 24.8. The van der Waals surface area contributed by atoms with Crippen molar-refractivity contribution >= 4 is 11.9 Å². The third-order valence-corrected chi connectivity index (χ3v) is 6.07. The van der Waals surface area contributed by atoms with Crippen LogP contribution in [-0.4, -0.2) is 69.0 Å². The number of aromatic nitrogens is 1. The largest absolute Gasteiger partial charge is 0.493 e. The van der Waals surface area contributed by atoms with Crippen molar-refractivity contribution in [3.63, 3.8) is 0 Å². The molecule has 1 fully saturated rings. The Morgan fingerprint density at radius 2 is 1.79 bits per heavy atom. The molecule has 0 bridgehead atoms. The number of H-pyrrole nitrogens is 1. The maximum absolute atomic E-state index is 13.8. The number of hydrogen-bond acceptors (Lipinski definition) is 7. The number of nitrogens with one attached hydrogen (secondary N) is 1. The van der Waals surface area contributed by atoms with Crippen LogP contribution in [0.25, 0.3) is 0 Å². The summed E-state index contributed by atoms with van der Waals surface area (Å²) in [5.41, 5.74) is 3.28. The van der Waals surface area contributed by atoms with Gasteiger partial charge in [-0.05, 0) is 56.9 Å². The summed E-state index contributed by atoms with van der Waals surface area (Å²) in [5.74, 6) is 0.619. The van der Waals surface area contributed by atoms with Gasteiger partial charge < -0.3 is 33.6 Å². The number of carbonyl (C=O) groups excluding carboxylic acids is 2. The highest BCUT2D eigenvalue weighted by Gasteiger charge is 2.28. The van der Waals surface area contributed by atoms with Gasteiger partial charge in [0, 0.05) is 31.0 Å². The van der Waals surface area contributed by atoms with Crippen LogP contribution in [0, 0.1) is 13.8 Å². The highest BCUT2D eigenvalue weighted by molar-refractivity contribution is 5.96. The van der Waals surface area contributed by atoms with Gasteiger partial charge in [-0.3, -0.25) is 4.79 Å². The van der Waals surface area contributed by atoms with E-state index in [0.29, 0.717) is 48.2 Å². The van der Waals surface area contributed by atoms with Gasteiger partial charge in [0.05, 0.1) is 34.0 Å². The predicted octanol–water partition coefficient (Wildman–Crippen LogP) is 3.66. The van der Waals surface area contributed by atoms with Crippen molar-refractivity contribution < 1.29 is 33.3 Å². The van der Waals surface area contributed by atoms with Crippen LogP contribution in [0.15, 0.2) is 12.1 Å².